The number of aromatic amines is 1. The van der Waals surface area contributed by atoms with Crippen LogP contribution in [0.5, 0.6) is 0 Å². The molecule has 0 spiro atoms. The van der Waals surface area contributed by atoms with E-state index in [2.05, 4.69) is 15.8 Å². The van der Waals surface area contributed by atoms with E-state index in [1.807, 2.05) is 31.3 Å². The highest BCUT2D eigenvalue weighted by Gasteiger charge is 2.48. The Bertz CT molecular complexity index is 857. The van der Waals surface area contributed by atoms with Crippen LogP contribution in [0.2, 0.25) is 0 Å². The number of ether oxygens (including phenoxy) is 1. The minimum absolute atomic E-state index is 0.0535. The molecular weight excluding hydrogens is 344 g/mol. The van der Waals surface area contributed by atoms with E-state index < -0.39 is 5.41 Å². The third-order valence-electron chi connectivity index (χ3n) is 5.75. The topological polar surface area (TPSA) is 79.5 Å². The Hall–Kier alpha value is -2.63. The summed E-state index contributed by atoms with van der Waals surface area (Å²) < 4.78 is 4.69. The van der Waals surface area contributed by atoms with Gasteiger partial charge in [-0.3, -0.25) is 14.4 Å². The molecule has 0 bridgehead atoms. The number of piperidine rings is 1. The zero-order chi connectivity index (χ0) is 19.4. The summed E-state index contributed by atoms with van der Waals surface area (Å²) >= 11 is 0. The Morgan fingerprint density at radius 1 is 1.30 bits per heavy atom. The quantitative estimate of drug-likeness (QED) is 0.600. The van der Waals surface area contributed by atoms with Gasteiger partial charge in [0.15, 0.2) is 0 Å². The molecule has 3 rings (SSSR count). The molecular formula is C21H26N2O4. The summed E-state index contributed by atoms with van der Waals surface area (Å²) in [6, 6.07) is 8.08. The number of carbonyl (C=O) groups excluding carboxylic acids is 3. The van der Waals surface area contributed by atoms with Gasteiger partial charge in [-0.1, -0.05) is 25.1 Å². The number of carbonyl (C=O) groups is 3. The summed E-state index contributed by atoms with van der Waals surface area (Å²) in [5.74, 6) is -0.591. The van der Waals surface area contributed by atoms with Crippen LogP contribution in [0.25, 0.3) is 10.9 Å². The van der Waals surface area contributed by atoms with Crippen LogP contribution in [0.3, 0.4) is 0 Å². The number of ketones is 1. The number of esters is 1. The van der Waals surface area contributed by atoms with E-state index in [-0.39, 0.29) is 30.5 Å². The number of hydrogen-bond donors (Lipinski definition) is 1. The maximum atomic E-state index is 13.2. The monoisotopic (exact) mass is 370 g/mol. The first-order valence-corrected chi connectivity index (χ1v) is 9.46. The summed E-state index contributed by atoms with van der Waals surface area (Å²) in [7, 11) is 1.32. The Labute approximate surface area is 158 Å². The fourth-order valence-corrected chi connectivity index (χ4v) is 4.00. The van der Waals surface area contributed by atoms with Crippen molar-refractivity contribution in [2.75, 3.05) is 20.2 Å². The number of methoxy groups -OCH3 is 1. The van der Waals surface area contributed by atoms with E-state index in [1.165, 1.54) is 7.11 Å². The molecule has 2 heterocycles. The first-order chi connectivity index (χ1) is 13.0. The molecule has 1 amide bonds. The number of likely N-dealkylation sites (tertiary alicyclic amines) is 1. The van der Waals surface area contributed by atoms with Crippen LogP contribution in [0, 0.1) is 5.41 Å². The van der Waals surface area contributed by atoms with Crippen molar-refractivity contribution in [1.29, 1.82) is 0 Å². The van der Waals surface area contributed by atoms with E-state index in [0.29, 0.717) is 25.9 Å². The number of benzene rings is 1. The molecule has 27 heavy (non-hydrogen) atoms. The molecule has 1 N–H and O–H groups in total. The number of hydrogen-bond acceptors (Lipinski definition) is 4. The Morgan fingerprint density at radius 3 is 2.81 bits per heavy atom. The van der Waals surface area contributed by atoms with Crippen molar-refractivity contribution in [2.45, 2.75) is 39.0 Å². The fraction of sp³-hybridized carbons (Fsp3) is 0.476. The molecule has 1 atom stereocenters. The predicted molar refractivity (Wildman–Crippen MR) is 102 cm³/mol. The molecule has 0 aliphatic carbocycles. The van der Waals surface area contributed by atoms with Gasteiger partial charge in [0.25, 0.3) is 0 Å². The van der Waals surface area contributed by atoms with Crippen molar-refractivity contribution >= 4 is 28.6 Å². The first-order valence-electron chi connectivity index (χ1n) is 9.46. The number of H-pyrrole nitrogens is 1. The fourth-order valence-electron chi connectivity index (χ4n) is 4.00. The molecule has 1 aliphatic heterocycles. The van der Waals surface area contributed by atoms with E-state index in [1.54, 1.807) is 4.90 Å². The van der Waals surface area contributed by atoms with E-state index in [0.717, 1.165) is 22.9 Å². The number of nitrogens with zero attached hydrogens (tertiary/aromatic N) is 1. The Morgan fingerprint density at radius 2 is 2.07 bits per heavy atom. The lowest BCUT2D eigenvalue weighted by Crippen LogP contribution is -2.54. The second-order valence-electron chi connectivity index (χ2n) is 7.09. The third kappa shape index (κ3) is 3.61. The van der Waals surface area contributed by atoms with Crippen molar-refractivity contribution in [3.05, 3.63) is 36.0 Å². The van der Waals surface area contributed by atoms with Crippen molar-refractivity contribution in [2.24, 2.45) is 5.41 Å². The normalized spacial score (nSPS) is 20.3. The van der Waals surface area contributed by atoms with Crippen LogP contribution in [0.1, 0.15) is 38.2 Å². The van der Waals surface area contributed by atoms with Gasteiger partial charge < -0.3 is 14.6 Å². The van der Waals surface area contributed by atoms with Gasteiger partial charge in [-0.2, -0.15) is 0 Å². The van der Waals surface area contributed by atoms with Gasteiger partial charge in [-0.15, -0.1) is 0 Å². The van der Waals surface area contributed by atoms with Crippen LogP contribution in [0.15, 0.2) is 30.5 Å². The first kappa shape index (κ1) is 19.1. The minimum Gasteiger partial charge on any atom is -0.469 e. The molecule has 144 valence electrons. The number of aromatic nitrogens is 1. The molecule has 2 aromatic rings. The molecule has 6 nitrogen and oxygen atoms in total. The lowest BCUT2D eigenvalue weighted by molar-refractivity contribution is -0.156. The van der Waals surface area contributed by atoms with Gasteiger partial charge >= 0.3 is 5.97 Å². The highest BCUT2D eigenvalue weighted by molar-refractivity contribution is 6.08. The third-order valence-corrected chi connectivity index (χ3v) is 5.75. The summed E-state index contributed by atoms with van der Waals surface area (Å²) in [4.78, 5) is 42.4. The smallest absolute Gasteiger partial charge is 0.305 e. The number of para-hydroxylation sites is 1. The molecule has 0 unspecified atom stereocenters. The standard InChI is InChI=1S/C21H26N2O4/c1-3-21(11-8-19(25)27-2)18(24)10-13-23(20(21)26)12-9-15-14-22-17-7-5-4-6-16(15)17/h4-7,14,22H,3,8-13H2,1-2H3/t21-/m1/s1. The average molecular weight is 370 g/mol. The number of fused-ring (bicyclic) bond motifs is 1. The zero-order valence-corrected chi connectivity index (χ0v) is 15.9. The highest BCUT2D eigenvalue weighted by Crippen LogP contribution is 2.36. The number of rotatable bonds is 7. The number of nitrogens with one attached hydrogen (secondary N) is 1. The van der Waals surface area contributed by atoms with Gasteiger partial charge in [-0.05, 0) is 30.9 Å². The van der Waals surface area contributed by atoms with Crippen molar-refractivity contribution < 1.29 is 19.1 Å². The Kier molecular flexibility index (Phi) is 5.63. The second-order valence-corrected chi connectivity index (χ2v) is 7.09. The molecule has 1 saturated heterocycles. The van der Waals surface area contributed by atoms with Crippen LogP contribution in [-0.4, -0.2) is 47.7 Å². The van der Waals surface area contributed by atoms with Crippen molar-refractivity contribution in [1.82, 2.24) is 9.88 Å². The Balaban J connectivity index is 1.73. The van der Waals surface area contributed by atoms with Crippen molar-refractivity contribution in [3.63, 3.8) is 0 Å². The van der Waals surface area contributed by atoms with E-state index in [9.17, 15) is 14.4 Å². The van der Waals surface area contributed by atoms with Crippen LogP contribution < -0.4 is 0 Å². The lowest BCUT2D eigenvalue weighted by atomic mass is 9.72. The van der Waals surface area contributed by atoms with Gasteiger partial charge in [-0.25, -0.2) is 0 Å². The average Bonchev–Trinajstić information content (AvgIpc) is 3.11. The van der Waals surface area contributed by atoms with Crippen molar-refractivity contribution in [3.8, 4) is 0 Å². The largest absolute Gasteiger partial charge is 0.469 e. The van der Waals surface area contributed by atoms with Crippen LogP contribution in [-0.2, 0) is 25.5 Å². The molecule has 1 aliphatic rings. The van der Waals surface area contributed by atoms with Gasteiger partial charge in [0, 0.05) is 43.0 Å². The number of amides is 1. The van der Waals surface area contributed by atoms with Gasteiger partial charge in [0.1, 0.15) is 11.2 Å². The summed E-state index contributed by atoms with van der Waals surface area (Å²) in [5.41, 5.74) is 1.15. The maximum Gasteiger partial charge on any atom is 0.305 e. The second kappa shape index (κ2) is 7.94. The predicted octanol–water partition coefficient (Wildman–Crippen LogP) is 2.86. The molecule has 1 aromatic carbocycles. The van der Waals surface area contributed by atoms with E-state index >= 15 is 0 Å². The molecule has 1 aromatic heterocycles. The molecule has 6 heteroatoms. The van der Waals surface area contributed by atoms with E-state index in [4.69, 9.17) is 0 Å². The van der Waals surface area contributed by atoms with Crippen LogP contribution >= 0.6 is 0 Å². The SMILES string of the molecule is CC[C@@]1(CCC(=O)OC)C(=O)CCN(CCc2c[nH]c3ccccc23)C1=O. The molecule has 0 saturated carbocycles. The summed E-state index contributed by atoms with van der Waals surface area (Å²) in [6.07, 6.45) is 3.75. The summed E-state index contributed by atoms with van der Waals surface area (Å²) in [6.45, 7) is 2.85. The summed E-state index contributed by atoms with van der Waals surface area (Å²) in [5, 5.41) is 1.16. The zero-order valence-electron chi connectivity index (χ0n) is 15.9. The van der Waals surface area contributed by atoms with Gasteiger partial charge in [0.2, 0.25) is 5.91 Å². The number of Topliss-reactive ketones (excluding diaryl/α,β-unsaturated/α-hetero) is 1. The molecule has 0 radical (unpaired) electrons. The van der Waals surface area contributed by atoms with Crippen LogP contribution in [0.4, 0.5) is 0 Å². The highest BCUT2D eigenvalue weighted by atomic mass is 16.5. The minimum atomic E-state index is -1.09. The van der Waals surface area contributed by atoms with Gasteiger partial charge in [0.05, 0.1) is 7.11 Å². The maximum absolute atomic E-state index is 13.2. The molecule has 1 fully saturated rings. The lowest BCUT2D eigenvalue weighted by Gasteiger charge is -2.40.